The van der Waals surface area contributed by atoms with Crippen LogP contribution in [-0.2, 0) is 6.42 Å². The van der Waals surface area contributed by atoms with Gasteiger partial charge in [-0.1, -0.05) is 6.92 Å². The Morgan fingerprint density at radius 1 is 1.26 bits per heavy atom. The number of aryl methyl sites for hydroxylation is 2. The molecule has 2 rings (SSSR count). The van der Waals surface area contributed by atoms with Gasteiger partial charge in [-0.2, -0.15) is 0 Å². The molecule has 0 saturated heterocycles. The number of hydrogen-bond acceptors (Lipinski definition) is 4. The maximum absolute atomic E-state index is 12.5. The number of nitrogens with one attached hydrogen (secondary N) is 1. The molecule has 0 saturated carbocycles. The molecule has 5 heteroatoms. The third-order valence-corrected chi connectivity index (χ3v) is 4.97. The molecule has 4 nitrogen and oxygen atoms in total. The Morgan fingerprint density at radius 3 is 2.57 bits per heavy atom. The molecule has 1 N–H and O–H groups in total. The topological polar surface area (TPSA) is 47.6 Å². The van der Waals surface area contributed by atoms with Gasteiger partial charge in [0.2, 0.25) is 0 Å². The van der Waals surface area contributed by atoms with Crippen molar-refractivity contribution in [2.24, 2.45) is 0 Å². The van der Waals surface area contributed by atoms with E-state index in [0.29, 0.717) is 0 Å². The van der Waals surface area contributed by atoms with E-state index in [0.717, 1.165) is 28.4 Å². The van der Waals surface area contributed by atoms with E-state index in [9.17, 15) is 4.79 Å². The summed E-state index contributed by atoms with van der Waals surface area (Å²) in [6.07, 6.45) is 0.939. The van der Waals surface area contributed by atoms with Crippen LogP contribution in [0.15, 0.2) is 24.3 Å². The summed E-state index contributed by atoms with van der Waals surface area (Å²) >= 11 is 1.53. The lowest BCUT2D eigenvalue weighted by molar-refractivity contribution is 0.0943. The average molecular weight is 333 g/mol. The van der Waals surface area contributed by atoms with E-state index >= 15 is 0 Å². The summed E-state index contributed by atoms with van der Waals surface area (Å²) in [5, 5.41) is 3.04. The Morgan fingerprint density at radius 2 is 2.00 bits per heavy atom. The minimum atomic E-state index is -0.181. The number of benzene rings is 1. The van der Waals surface area contributed by atoms with Crippen LogP contribution in [0, 0.1) is 6.92 Å². The highest BCUT2D eigenvalue weighted by atomic mass is 32.1. The molecule has 1 aromatic carbocycles. The molecule has 0 aliphatic rings. The van der Waals surface area contributed by atoms with Crippen LogP contribution < -0.4 is 14.8 Å². The molecule has 124 valence electrons. The van der Waals surface area contributed by atoms with Gasteiger partial charge in [-0.3, -0.25) is 4.79 Å². The van der Waals surface area contributed by atoms with Crippen LogP contribution in [-0.4, -0.2) is 20.1 Å². The quantitative estimate of drug-likeness (QED) is 0.865. The van der Waals surface area contributed by atoms with Gasteiger partial charge in [-0.15, -0.1) is 11.3 Å². The van der Waals surface area contributed by atoms with Crippen molar-refractivity contribution in [2.45, 2.75) is 33.2 Å². The van der Waals surface area contributed by atoms with Crippen LogP contribution in [0.25, 0.3) is 0 Å². The van der Waals surface area contributed by atoms with Crippen LogP contribution in [0.2, 0.25) is 0 Å². The summed E-state index contributed by atoms with van der Waals surface area (Å²) in [4.78, 5) is 14.4. The minimum absolute atomic E-state index is 0.0600. The molecule has 0 aliphatic heterocycles. The Bertz CT molecular complexity index is 694. The van der Waals surface area contributed by atoms with E-state index in [2.05, 4.69) is 19.2 Å². The lowest BCUT2D eigenvalue weighted by Gasteiger charge is -2.18. The van der Waals surface area contributed by atoms with E-state index in [1.165, 1.54) is 21.8 Å². The molecular formula is C18H23NO3S. The first-order valence-electron chi connectivity index (χ1n) is 7.62. The molecule has 23 heavy (non-hydrogen) atoms. The van der Waals surface area contributed by atoms with E-state index in [1.807, 2.05) is 31.2 Å². The summed E-state index contributed by atoms with van der Waals surface area (Å²) in [5.74, 6) is 1.41. The highest BCUT2D eigenvalue weighted by Gasteiger charge is 2.18. The second-order valence-corrected chi connectivity index (χ2v) is 6.60. The minimum Gasteiger partial charge on any atom is -0.497 e. The van der Waals surface area contributed by atoms with Gasteiger partial charge in [0.05, 0.1) is 25.1 Å². The second kappa shape index (κ2) is 7.51. The molecule has 0 fully saturated rings. The van der Waals surface area contributed by atoms with Gasteiger partial charge >= 0.3 is 0 Å². The van der Waals surface area contributed by atoms with Gasteiger partial charge in [0.25, 0.3) is 5.91 Å². The summed E-state index contributed by atoms with van der Waals surface area (Å²) in [5.41, 5.74) is 2.12. The smallest absolute Gasteiger partial charge is 0.261 e. The van der Waals surface area contributed by atoms with Gasteiger partial charge in [0, 0.05) is 10.4 Å². The van der Waals surface area contributed by atoms with Gasteiger partial charge < -0.3 is 14.8 Å². The first-order valence-corrected chi connectivity index (χ1v) is 8.43. The molecule has 1 heterocycles. The van der Waals surface area contributed by atoms with Crippen molar-refractivity contribution in [3.8, 4) is 11.5 Å². The van der Waals surface area contributed by atoms with Crippen LogP contribution >= 0.6 is 11.3 Å². The average Bonchev–Trinajstić information content (AvgIpc) is 2.95. The molecule has 1 amide bonds. The third-order valence-electron chi connectivity index (χ3n) is 3.88. The number of rotatable bonds is 6. The van der Waals surface area contributed by atoms with Crippen LogP contribution in [0.1, 0.15) is 45.6 Å². The first kappa shape index (κ1) is 17.3. The molecular weight excluding hydrogens is 310 g/mol. The second-order valence-electron chi connectivity index (χ2n) is 5.35. The molecule has 1 atom stereocenters. The van der Waals surface area contributed by atoms with Gasteiger partial charge in [-0.25, -0.2) is 0 Å². The molecule has 0 spiro atoms. The predicted molar refractivity (Wildman–Crippen MR) is 93.9 cm³/mol. The van der Waals surface area contributed by atoms with Crippen molar-refractivity contribution in [1.29, 1.82) is 0 Å². The van der Waals surface area contributed by atoms with Crippen molar-refractivity contribution >= 4 is 17.2 Å². The van der Waals surface area contributed by atoms with Crippen molar-refractivity contribution in [3.63, 3.8) is 0 Å². The number of ether oxygens (including phenoxy) is 2. The van der Waals surface area contributed by atoms with E-state index in [-0.39, 0.29) is 11.9 Å². The third kappa shape index (κ3) is 3.85. The van der Waals surface area contributed by atoms with E-state index in [1.54, 1.807) is 14.2 Å². The van der Waals surface area contributed by atoms with Crippen molar-refractivity contribution in [3.05, 3.63) is 45.1 Å². The maximum Gasteiger partial charge on any atom is 0.261 e. The Kier molecular flexibility index (Phi) is 5.66. The highest BCUT2D eigenvalue weighted by molar-refractivity contribution is 7.14. The largest absolute Gasteiger partial charge is 0.497 e. The van der Waals surface area contributed by atoms with Gasteiger partial charge in [0.1, 0.15) is 11.5 Å². The standard InChI is InChI=1S/C18H23NO3S/c1-6-13-9-17(23-12(13)3)18(20)19-11(2)15-10-14(21-4)7-8-16(15)22-5/h7-11H,6H2,1-5H3,(H,19,20)/t11-/m0/s1. The van der Waals surface area contributed by atoms with E-state index < -0.39 is 0 Å². The van der Waals surface area contributed by atoms with Crippen LogP contribution in [0.4, 0.5) is 0 Å². The normalized spacial score (nSPS) is 11.9. The number of hydrogen-bond donors (Lipinski definition) is 1. The molecule has 0 unspecified atom stereocenters. The summed E-state index contributed by atoms with van der Waals surface area (Å²) < 4.78 is 10.7. The zero-order chi connectivity index (χ0) is 17.0. The Hall–Kier alpha value is -2.01. The van der Waals surface area contributed by atoms with Gasteiger partial charge in [-0.05, 0) is 50.1 Å². The molecule has 0 aliphatic carbocycles. The number of carbonyl (C=O) groups excluding carboxylic acids is 1. The first-order chi connectivity index (χ1) is 11.0. The molecule has 0 radical (unpaired) electrons. The highest BCUT2D eigenvalue weighted by Crippen LogP contribution is 2.30. The summed E-state index contributed by atoms with van der Waals surface area (Å²) in [6.45, 7) is 6.09. The number of amides is 1. The van der Waals surface area contributed by atoms with E-state index in [4.69, 9.17) is 9.47 Å². The zero-order valence-electron chi connectivity index (χ0n) is 14.2. The summed E-state index contributed by atoms with van der Waals surface area (Å²) in [7, 11) is 3.24. The van der Waals surface area contributed by atoms with Crippen LogP contribution in [0.3, 0.4) is 0 Å². The summed E-state index contributed by atoms with van der Waals surface area (Å²) in [6, 6.07) is 7.38. The fourth-order valence-electron chi connectivity index (χ4n) is 2.51. The maximum atomic E-state index is 12.5. The number of thiophene rings is 1. The monoisotopic (exact) mass is 333 g/mol. The molecule has 0 bridgehead atoms. The number of methoxy groups -OCH3 is 2. The molecule has 1 aromatic heterocycles. The van der Waals surface area contributed by atoms with Gasteiger partial charge in [0.15, 0.2) is 0 Å². The zero-order valence-corrected chi connectivity index (χ0v) is 15.0. The molecule has 2 aromatic rings. The number of carbonyl (C=O) groups is 1. The SMILES string of the molecule is CCc1cc(C(=O)N[C@@H](C)c2cc(OC)ccc2OC)sc1C. The Balaban J connectivity index is 2.20. The predicted octanol–water partition coefficient (Wildman–Crippen LogP) is 4.13. The Labute approximate surface area is 141 Å². The van der Waals surface area contributed by atoms with Crippen LogP contribution in [0.5, 0.6) is 11.5 Å². The van der Waals surface area contributed by atoms with Crippen molar-refractivity contribution in [2.75, 3.05) is 14.2 Å². The van der Waals surface area contributed by atoms with Crippen molar-refractivity contribution < 1.29 is 14.3 Å². The lowest BCUT2D eigenvalue weighted by Crippen LogP contribution is -2.26. The lowest BCUT2D eigenvalue weighted by atomic mass is 10.1. The fourth-order valence-corrected chi connectivity index (χ4v) is 3.52. The fraction of sp³-hybridized carbons (Fsp3) is 0.389. The van der Waals surface area contributed by atoms with Crippen molar-refractivity contribution in [1.82, 2.24) is 5.32 Å².